The van der Waals surface area contributed by atoms with E-state index in [1.807, 2.05) is 0 Å². The zero-order valence-corrected chi connectivity index (χ0v) is 12.6. The van der Waals surface area contributed by atoms with Crippen LogP contribution in [-0.4, -0.2) is 12.5 Å². The molecule has 110 valence electrons. The van der Waals surface area contributed by atoms with Crippen molar-refractivity contribution >= 4 is 34.8 Å². The molecule has 2 aromatic rings. The number of carbonyl (C=O) groups is 1. The van der Waals surface area contributed by atoms with Crippen molar-refractivity contribution in [2.75, 3.05) is 11.4 Å². The van der Waals surface area contributed by atoms with Gasteiger partial charge in [0.25, 0.3) is 5.91 Å². The molecule has 0 aliphatic carbocycles. The summed E-state index contributed by atoms with van der Waals surface area (Å²) in [6.45, 7) is 2.01. The highest BCUT2D eigenvalue weighted by molar-refractivity contribution is 6.35. The van der Waals surface area contributed by atoms with E-state index in [2.05, 4.69) is 0 Å². The minimum atomic E-state index is -1.01. The summed E-state index contributed by atoms with van der Waals surface area (Å²) in [6, 6.07) is 7.74. The van der Waals surface area contributed by atoms with Gasteiger partial charge in [-0.15, -0.1) is 0 Å². The van der Waals surface area contributed by atoms with E-state index in [-0.39, 0.29) is 17.8 Å². The first-order valence-electron chi connectivity index (χ1n) is 6.15. The molecule has 0 N–H and O–H groups in total. The molecular weight excluding hydrogens is 319 g/mol. The highest BCUT2D eigenvalue weighted by atomic mass is 35.5. The Kier molecular flexibility index (Phi) is 4.80. The van der Waals surface area contributed by atoms with E-state index < -0.39 is 17.5 Å². The van der Waals surface area contributed by atoms with Crippen LogP contribution < -0.4 is 4.90 Å². The van der Waals surface area contributed by atoms with Gasteiger partial charge in [0.2, 0.25) is 0 Å². The maximum Gasteiger partial charge on any atom is 0.258 e. The van der Waals surface area contributed by atoms with Crippen molar-refractivity contribution in [3.8, 4) is 0 Å². The molecule has 6 heteroatoms. The number of anilines is 1. The maximum atomic E-state index is 13.3. The van der Waals surface area contributed by atoms with Crippen LogP contribution in [0.1, 0.15) is 17.3 Å². The fourth-order valence-electron chi connectivity index (χ4n) is 1.93. The summed E-state index contributed by atoms with van der Waals surface area (Å²) < 4.78 is 26.3. The molecular formula is C15H11Cl2F2NO. The first-order chi connectivity index (χ1) is 9.92. The number of benzene rings is 2. The molecule has 0 aliphatic rings. The fourth-order valence-corrected chi connectivity index (χ4v) is 2.46. The molecule has 0 bridgehead atoms. The Morgan fingerprint density at radius 3 is 2.19 bits per heavy atom. The summed E-state index contributed by atoms with van der Waals surface area (Å²) in [5.41, 5.74) is 0.539. The Bertz CT molecular complexity index is 671. The van der Waals surface area contributed by atoms with E-state index in [1.54, 1.807) is 6.92 Å². The van der Waals surface area contributed by atoms with Crippen molar-refractivity contribution in [1.82, 2.24) is 0 Å². The first kappa shape index (κ1) is 15.7. The monoisotopic (exact) mass is 329 g/mol. The Balaban J connectivity index is 2.40. The van der Waals surface area contributed by atoms with Crippen molar-refractivity contribution in [1.29, 1.82) is 0 Å². The molecule has 2 aromatic carbocycles. The lowest BCUT2D eigenvalue weighted by molar-refractivity contribution is 0.0988. The van der Waals surface area contributed by atoms with Crippen molar-refractivity contribution in [3.05, 3.63) is 63.6 Å². The van der Waals surface area contributed by atoms with Gasteiger partial charge in [0, 0.05) is 33.9 Å². The Labute approximate surface area is 130 Å². The van der Waals surface area contributed by atoms with Gasteiger partial charge in [-0.25, -0.2) is 8.78 Å². The van der Waals surface area contributed by atoms with Crippen molar-refractivity contribution in [2.45, 2.75) is 6.92 Å². The van der Waals surface area contributed by atoms with Gasteiger partial charge in [0.15, 0.2) is 11.6 Å². The lowest BCUT2D eigenvalue weighted by Crippen LogP contribution is -2.30. The summed E-state index contributed by atoms with van der Waals surface area (Å²) in [4.78, 5) is 13.8. The molecule has 0 saturated heterocycles. The largest absolute Gasteiger partial charge is 0.309 e. The predicted molar refractivity (Wildman–Crippen MR) is 80.2 cm³/mol. The molecule has 0 radical (unpaired) electrons. The van der Waals surface area contributed by atoms with Crippen LogP contribution in [0.2, 0.25) is 10.0 Å². The van der Waals surface area contributed by atoms with Crippen LogP contribution in [0.5, 0.6) is 0 Å². The Morgan fingerprint density at radius 2 is 1.67 bits per heavy atom. The lowest BCUT2D eigenvalue weighted by Gasteiger charge is -2.21. The second-order valence-corrected chi connectivity index (χ2v) is 5.18. The van der Waals surface area contributed by atoms with Crippen LogP contribution in [-0.2, 0) is 0 Å². The van der Waals surface area contributed by atoms with Gasteiger partial charge in [-0.3, -0.25) is 4.79 Å². The number of halogens is 4. The average Bonchev–Trinajstić information content (AvgIpc) is 2.42. The normalized spacial score (nSPS) is 10.5. The highest BCUT2D eigenvalue weighted by Crippen LogP contribution is 2.24. The number of rotatable bonds is 3. The predicted octanol–water partition coefficient (Wildman–Crippen LogP) is 4.94. The van der Waals surface area contributed by atoms with Gasteiger partial charge in [-0.1, -0.05) is 23.2 Å². The molecule has 0 saturated carbocycles. The van der Waals surface area contributed by atoms with Crippen LogP contribution >= 0.6 is 23.2 Å². The molecule has 21 heavy (non-hydrogen) atoms. The van der Waals surface area contributed by atoms with Crippen LogP contribution in [0.15, 0.2) is 36.4 Å². The Morgan fingerprint density at radius 1 is 1.05 bits per heavy atom. The third-order valence-corrected chi connectivity index (χ3v) is 3.32. The lowest BCUT2D eigenvalue weighted by atomic mass is 10.1. The minimum Gasteiger partial charge on any atom is -0.309 e. The second-order valence-electron chi connectivity index (χ2n) is 4.31. The highest BCUT2D eigenvalue weighted by Gasteiger charge is 2.18. The van der Waals surface area contributed by atoms with Gasteiger partial charge < -0.3 is 4.90 Å². The summed E-state index contributed by atoms with van der Waals surface area (Å²) in [7, 11) is 0. The number of amides is 1. The van der Waals surface area contributed by atoms with Gasteiger partial charge in [-0.2, -0.15) is 0 Å². The summed E-state index contributed by atoms with van der Waals surface area (Å²) in [5.74, 6) is -2.37. The molecule has 0 aliphatic heterocycles. The van der Waals surface area contributed by atoms with E-state index in [1.165, 1.54) is 29.2 Å². The molecule has 0 aromatic heterocycles. The quantitative estimate of drug-likeness (QED) is 0.781. The summed E-state index contributed by atoms with van der Waals surface area (Å²) in [6.07, 6.45) is 0. The molecule has 0 atom stereocenters. The Hall–Kier alpha value is -1.65. The van der Waals surface area contributed by atoms with Gasteiger partial charge in [0.05, 0.1) is 0 Å². The number of carbonyl (C=O) groups excluding carboxylic acids is 1. The second kappa shape index (κ2) is 6.41. The van der Waals surface area contributed by atoms with Crippen LogP contribution in [0.4, 0.5) is 14.5 Å². The maximum absolute atomic E-state index is 13.3. The van der Waals surface area contributed by atoms with Crippen LogP contribution in [0.3, 0.4) is 0 Å². The average molecular weight is 330 g/mol. The topological polar surface area (TPSA) is 20.3 Å². The molecule has 0 unspecified atom stereocenters. The minimum absolute atomic E-state index is 0.262. The number of nitrogens with zero attached hydrogens (tertiary/aromatic N) is 1. The first-order valence-corrected chi connectivity index (χ1v) is 6.91. The van der Waals surface area contributed by atoms with E-state index >= 15 is 0 Å². The third-order valence-electron chi connectivity index (χ3n) is 2.89. The molecule has 0 spiro atoms. The van der Waals surface area contributed by atoms with Crippen molar-refractivity contribution < 1.29 is 13.6 Å². The van der Waals surface area contributed by atoms with E-state index in [0.717, 1.165) is 12.1 Å². The number of hydrogen-bond acceptors (Lipinski definition) is 1. The zero-order chi connectivity index (χ0) is 15.6. The standard InChI is InChI=1S/C15H11Cl2F2NO/c1-2-20(12-3-4-13(18)14(19)8-12)15(21)9-5-10(16)7-11(17)6-9/h3-8H,2H2,1H3. The van der Waals surface area contributed by atoms with Gasteiger partial charge in [-0.05, 0) is 37.3 Å². The zero-order valence-electron chi connectivity index (χ0n) is 11.0. The molecule has 0 fully saturated rings. The van der Waals surface area contributed by atoms with Gasteiger partial charge >= 0.3 is 0 Å². The molecule has 0 heterocycles. The van der Waals surface area contributed by atoms with Gasteiger partial charge in [0.1, 0.15) is 0 Å². The molecule has 2 rings (SSSR count). The van der Waals surface area contributed by atoms with Crippen LogP contribution in [0.25, 0.3) is 0 Å². The smallest absolute Gasteiger partial charge is 0.258 e. The molecule has 2 nitrogen and oxygen atoms in total. The van der Waals surface area contributed by atoms with E-state index in [4.69, 9.17) is 23.2 Å². The van der Waals surface area contributed by atoms with E-state index in [0.29, 0.717) is 10.0 Å². The van der Waals surface area contributed by atoms with E-state index in [9.17, 15) is 13.6 Å². The molecule has 1 amide bonds. The summed E-state index contributed by atoms with van der Waals surface area (Å²) >= 11 is 11.7. The third kappa shape index (κ3) is 3.52. The van der Waals surface area contributed by atoms with Crippen LogP contribution in [0, 0.1) is 11.6 Å². The van der Waals surface area contributed by atoms with Crippen molar-refractivity contribution in [2.24, 2.45) is 0 Å². The van der Waals surface area contributed by atoms with Crippen molar-refractivity contribution in [3.63, 3.8) is 0 Å². The number of hydrogen-bond donors (Lipinski definition) is 0. The fraction of sp³-hybridized carbons (Fsp3) is 0.133. The SMILES string of the molecule is CCN(C(=O)c1cc(Cl)cc(Cl)c1)c1ccc(F)c(F)c1. The summed E-state index contributed by atoms with van der Waals surface area (Å²) in [5, 5.41) is 0.652.